The Morgan fingerprint density at radius 2 is 2.33 bits per heavy atom. The van der Waals surface area contributed by atoms with Crippen molar-refractivity contribution in [2.24, 2.45) is 0 Å². The number of halogens is 1. The van der Waals surface area contributed by atoms with Crippen LogP contribution < -0.4 is 4.74 Å². The summed E-state index contributed by atoms with van der Waals surface area (Å²) in [5, 5.41) is 8.38. The van der Waals surface area contributed by atoms with Crippen molar-refractivity contribution in [3.63, 3.8) is 0 Å². The maximum Gasteiger partial charge on any atom is 0.337 e. The number of carbonyl (C=O) groups excluding carboxylic acids is 1. The van der Waals surface area contributed by atoms with E-state index < -0.39 is 12.6 Å². The first kappa shape index (κ1) is 9.22. The third-order valence-electron chi connectivity index (χ3n) is 1.16. The third-order valence-corrected chi connectivity index (χ3v) is 1.65. The van der Waals surface area contributed by atoms with Crippen LogP contribution in [0.3, 0.4) is 0 Å². The number of benzene rings is 1. The van der Waals surface area contributed by atoms with Gasteiger partial charge in [0.05, 0.1) is 0 Å². The summed E-state index contributed by atoms with van der Waals surface area (Å²) < 4.78 is 5.55. The molecule has 0 aliphatic rings. The van der Waals surface area contributed by atoms with E-state index in [4.69, 9.17) is 9.84 Å². The van der Waals surface area contributed by atoms with Crippen molar-refractivity contribution in [2.75, 3.05) is 6.61 Å². The molecule has 0 spiro atoms. The number of aliphatic hydroxyl groups excluding tert-OH is 1. The van der Waals surface area contributed by atoms with Gasteiger partial charge in [0.2, 0.25) is 0 Å². The molecule has 12 heavy (non-hydrogen) atoms. The maximum atomic E-state index is 10.6. The highest BCUT2D eigenvalue weighted by Crippen LogP contribution is 2.17. The Labute approximate surface area is 78.1 Å². The molecule has 0 radical (unpaired) electrons. The second-order valence-electron chi connectivity index (χ2n) is 2.09. The normalized spacial score (nSPS) is 9.50. The minimum absolute atomic E-state index is 0.420. The van der Waals surface area contributed by atoms with Crippen LogP contribution in [-0.4, -0.2) is 17.7 Å². The molecular weight excluding hydrogens is 224 g/mol. The van der Waals surface area contributed by atoms with Crippen molar-refractivity contribution in [3.05, 3.63) is 28.7 Å². The van der Waals surface area contributed by atoms with Crippen molar-refractivity contribution in [2.45, 2.75) is 0 Å². The molecule has 1 rings (SSSR count). The van der Waals surface area contributed by atoms with Crippen LogP contribution in [0, 0.1) is 0 Å². The highest BCUT2D eigenvalue weighted by molar-refractivity contribution is 9.10. The molecule has 0 aliphatic heterocycles. The molecular formula is C8H7BrO3. The smallest absolute Gasteiger partial charge is 0.337 e. The van der Waals surface area contributed by atoms with Crippen LogP contribution >= 0.6 is 15.9 Å². The minimum atomic E-state index is -0.659. The molecule has 0 amide bonds. The van der Waals surface area contributed by atoms with E-state index in [1.54, 1.807) is 18.2 Å². The molecule has 0 unspecified atom stereocenters. The summed E-state index contributed by atoms with van der Waals surface area (Å²) in [5.74, 6) is -0.239. The van der Waals surface area contributed by atoms with Crippen molar-refractivity contribution in [1.82, 2.24) is 0 Å². The molecule has 1 N–H and O–H groups in total. The fraction of sp³-hybridized carbons (Fsp3) is 0.125. The van der Waals surface area contributed by atoms with E-state index in [0.717, 1.165) is 4.47 Å². The predicted octanol–water partition coefficient (Wildman–Crippen LogP) is 1.35. The van der Waals surface area contributed by atoms with Gasteiger partial charge in [0.15, 0.2) is 0 Å². The Morgan fingerprint density at radius 1 is 1.58 bits per heavy atom. The Balaban J connectivity index is 2.69. The Kier molecular flexibility index (Phi) is 3.25. The lowest BCUT2D eigenvalue weighted by atomic mass is 10.3. The Hall–Kier alpha value is -0.870. The van der Waals surface area contributed by atoms with Crippen LogP contribution in [0.25, 0.3) is 0 Å². The van der Waals surface area contributed by atoms with Crippen LogP contribution in [0.5, 0.6) is 5.75 Å². The van der Waals surface area contributed by atoms with Crippen molar-refractivity contribution < 1.29 is 14.6 Å². The summed E-state index contributed by atoms with van der Waals surface area (Å²) in [6.45, 7) is -0.605. The SMILES string of the molecule is O=C(CO)Oc1cccc(Br)c1. The second kappa shape index (κ2) is 4.23. The van der Waals surface area contributed by atoms with Crippen molar-refractivity contribution >= 4 is 21.9 Å². The summed E-state index contributed by atoms with van der Waals surface area (Å²) in [5.41, 5.74) is 0. The van der Waals surface area contributed by atoms with Gasteiger partial charge in [-0.25, -0.2) is 4.79 Å². The zero-order valence-electron chi connectivity index (χ0n) is 6.16. The monoisotopic (exact) mass is 230 g/mol. The molecule has 0 aromatic heterocycles. The van der Waals surface area contributed by atoms with Gasteiger partial charge in [-0.1, -0.05) is 22.0 Å². The maximum absolute atomic E-state index is 10.6. The van der Waals surface area contributed by atoms with E-state index in [1.807, 2.05) is 6.07 Å². The number of rotatable bonds is 2. The minimum Gasteiger partial charge on any atom is -0.425 e. The Morgan fingerprint density at radius 3 is 2.92 bits per heavy atom. The van der Waals surface area contributed by atoms with Crippen LogP contribution in [0.2, 0.25) is 0 Å². The van der Waals surface area contributed by atoms with E-state index >= 15 is 0 Å². The summed E-state index contributed by atoms with van der Waals surface area (Å²) in [7, 11) is 0. The molecule has 3 nitrogen and oxygen atoms in total. The van der Waals surface area contributed by atoms with Gasteiger partial charge in [-0.3, -0.25) is 0 Å². The largest absolute Gasteiger partial charge is 0.425 e. The quantitative estimate of drug-likeness (QED) is 0.617. The molecule has 1 aromatic carbocycles. The lowest BCUT2D eigenvalue weighted by molar-refractivity contribution is -0.137. The van der Waals surface area contributed by atoms with E-state index in [1.165, 1.54) is 0 Å². The number of esters is 1. The zero-order valence-corrected chi connectivity index (χ0v) is 7.74. The van der Waals surface area contributed by atoms with Gasteiger partial charge in [0.25, 0.3) is 0 Å². The lowest BCUT2D eigenvalue weighted by Crippen LogP contribution is -2.11. The molecule has 0 bridgehead atoms. The van der Waals surface area contributed by atoms with Gasteiger partial charge >= 0.3 is 5.97 Å². The van der Waals surface area contributed by atoms with Gasteiger partial charge in [0, 0.05) is 4.47 Å². The molecule has 0 saturated carbocycles. The lowest BCUT2D eigenvalue weighted by Gasteiger charge is -2.01. The molecule has 4 heteroatoms. The van der Waals surface area contributed by atoms with E-state index in [-0.39, 0.29) is 0 Å². The van der Waals surface area contributed by atoms with Crippen LogP contribution in [0.4, 0.5) is 0 Å². The summed E-state index contributed by atoms with van der Waals surface area (Å²) in [4.78, 5) is 10.6. The summed E-state index contributed by atoms with van der Waals surface area (Å²) in [6, 6.07) is 6.84. The molecule has 1 aromatic rings. The van der Waals surface area contributed by atoms with Crippen LogP contribution in [-0.2, 0) is 4.79 Å². The molecule has 0 heterocycles. The Bertz CT molecular complexity index is 285. The predicted molar refractivity (Wildman–Crippen MR) is 46.9 cm³/mol. The first-order chi connectivity index (χ1) is 5.72. The highest BCUT2D eigenvalue weighted by atomic mass is 79.9. The average Bonchev–Trinajstić information content (AvgIpc) is 2.04. The molecule has 0 aliphatic carbocycles. The van der Waals surface area contributed by atoms with E-state index in [9.17, 15) is 4.79 Å². The van der Waals surface area contributed by atoms with Gasteiger partial charge in [-0.15, -0.1) is 0 Å². The molecule has 0 atom stereocenters. The standard InChI is InChI=1S/C8H7BrO3/c9-6-2-1-3-7(4-6)12-8(11)5-10/h1-4,10H,5H2. The van der Waals surface area contributed by atoms with Gasteiger partial charge in [0.1, 0.15) is 12.4 Å². The van der Waals surface area contributed by atoms with Crippen LogP contribution in [0.15, 0.2) is 28.7 Å². The summed E-state index contributed by atoms with van der Waals surface area (Å²) >= 11 is 3.22. The number of carbonyl (C=O) groups is 1. The number of hydrogen-bond donors (Lipinski definition) is 1. The number of ether oxygens (including phenoxy) is 1. The van der Waals surface area contributed by atoms with E-state index in [2.05, 4.69) is 15.9 Å². The van der Waals surface area contributed by atoms with Gasteiger partial charge in [-0.05, 0) is 18.2 Å². The summed E-state index contributed by atoms with van der Waals surface area (Å²) in [6.07, 6.45) is 0. The fourth-order valence-electron chi connectivity index (χ4n) is 0.694. The number of hydrogen-bond acceptors (Lipinski definition) is 3. The third kappa shape index (κ3) is 2.64. The van der Waals surface area contributed by atoms with Gasteiger partial charge in [-0.2, -0.15) is 0 Å². The first-order valence-corrected chi connectivity index (χ1v) is 4.09. The molecule has 64 valence electrons. The average molecular weight is 231 g/mol. The first-order valence-electron chi connectivity index (χ1n) is 3.29. The fourth-order valence-corrected chi connectivity index (χ4v) is 1.07. The second-order valence-corrected chi connectivity index (χ2v) is 3.01. The zero-order chi connectivity index (χ0) is 8.97. The van der Waals surface area contributed by atoms with Crippen molar-refractivity contribution in [1.29, 1.82) is 0 Å². The van der Waals surface area contributed by atoms with E-state index in [0.29, 0.717) is 5.75 Å². The van der Waals surface area contributed by atoms with Gasteiger partial charge < -0.3 is 9.84 Å². The number of aliphatic hydroxyl groups is 1. The van der Waals surface area contributed by atoms with Crippen LogP contribution in [0.1, 0.15) is 0 Å². The molecule has 0 fully saturated rings. The molecule has 0 saturated heterocycles. The highest BCUT2D eigenvalue weighted by Gasteiger charge is 2.01. The topological polar surface area (TPSA) is 46.5 Å². The van der Waals surface area contributed by atoms with Crippen molar-refractivity contribution in [3.8, 4) is 5.75 Å².